The molecule has 1 atom stereocenters. The lowest BCUT2D eigenvalue weighted by Gasteiger charge is -2.35. The fourth-order valence-electron chi connectivity index (χ4n) is 4.84. The van der Waals surface area contributed by atoms with E-state index in [0.717, 1.165) is 0 Å². The normalized spacial score (nSPS) is 17.0. The number of nitrogens with one attached hydrogen (secondary N) is 1. The molecule has 1 aliphatic carbocycles. The van der Waals surface area contributed by atoms with Gasteiger partial charge in [0.2, 0.25) is 5.91 Å². The lowest BCUT2D eigenvalue weighted by Crippen LogP contribution is -2.55. The minimum absolute atomic E-state index is 0.0188. The van der Waals surface area contributed by atoms with Crippen LogP contribution in [0.15, 0.2) is 36.4 Å². The monoisotopic (exact) mass is 537 g/mol. The van der Waals surface area contributed by atoms with Crippen LogP contribution in [0.25, 0.3) is 11.4 Å². The first-order valence-electron chi connectivity index (χ1n) is 13.0. The summed E-state index contributed by atoms with van der Waals surface area (Å²) in [7, 11) is 0. The van der Waals surface area contributed by atoms with Crippen molar-refractivity contribution in [2.45, 2.75) is 50.5 Å². The molecule has 1 saturated heterocycles. The summed E-state index contributed by atoms with van der Waals surface area (Å²) in [6.45, 7) is 0.530. The number of hydrogen-bond acceptors (Lipinski definition) is 7. The number of carbonyl (C=O) groups excluding carboxylic acids is 3. The van der Waals surface area contributed by atoms with Crippen molar-refractivity contribution >= 4 is 29.7 Å². The van der Waals surface area contributed by atoms with Crippen LogP contribution in [0, 0.1) is 0 Å². The highest BCUT2D eigenvalue weighted by Gasteiger charge is 2.31. The van der Waals surface area contributed by atoms with Crippen LogP contribution in [0.4, 0.5) is 4.79 Å². The van der Waals surface area contributed by atoms with Crippen LogP contribution in [-0.4, -0.2) is 91.9 Å². The van der Waals surface area contributed by atoms with E-state index in [-0.39, 0.29) is 56.4 Å². The third-order valence-electron chi connectivity index (χ3n) is 7.08. The molecule has 1 saturated carbocycles. The van der Waals surface area contributed by atoms with Gasteiger partial charge in [-0.05, 0) is 25.3 Å². The van der Waals surface area contributed by atoms with Crippen molar-refractivity contribution in [3.8, 4) is 11.4 Å². The predicted molar refractivity (Wildman–Crippen MR) is 138 cm³/mol. The van der Waals surface area contributed by atoms with E-state index >= 15 is 0 Å². The Hall–Kier alpha value is -4.35. The first kappa shape index (κ1) is 27.7. The zero-order valence-electron chi connectivity index (χ0n) is 21.4. The van der Waals surface area contributed by atoms with Gasteiger partial charge in [0.25, 0.3) is 5.91 Å². The number of hydrogen-bond donors (Lipinski definition) is 3. The van der Waals surface area contributed by atoms with Gasteiger partial charge in [-0.1, -0.05) is 30.3 Å². The number of rotatable bonds is 8. The number of benzene rings is 1. The molecule has 3 N–H and O–H groups in total. The summed E-state index contributed by atoms with van der Waals surface area (Å²) in [4.78, 5) is 72.7. The summed E-state index contributed by atoms with van der Waals surface area (Å²) in [5, 5.41) is 21.0. The Balaban J connectivity index is 1.58. The minimum atomic E-state index is -1.13. The molecule has 1 aliphatic heterocycles. The molecule has 0 unspecified atom stereocenters. The number of nitrogens with zero attached hydrogens (tertiary/aromatic N) is 4. The molecule has 1 aromatic heterocycles. The number of piperazine rings is 1. The van der Waals surface area contributed by atoms with E-state index in [0.29, 0.717) is 42.8 Å². The van der Waals surface area contributed by atoms with Crippen LogP contribution in [-0.2, 0) is 14.4 Å². The maximum Gasteiger partial charge on any atom is 0.407 e. The average Bonchev–Trinajstić information content (AvgIpc) is 2.95. The summed E-state index contributed by atoms with van der Waals surface area (Å²) in [5.74, 6) is -1.71. The molecule has 4 rings (SSSR count). The average molecular weight is 538 g/mol. The number of amides is 3. The Bertz CT molecular complexity index is 1230. The van der Waals surface area contributed by atoms with Gasteiger partial charge in [0.05, 0.1) is 0 Å². The first-order valence-corrected chi connectivity index (χ1v) is 13.0. The fourth-order valence-corrected chi connectivity index (χ4v) is 4.84. The van der Waals surface area contributed by atoms with E-state index in [4.69, 9.17) is 10.1 Å². The van der Waals surface area contributed by atoms with Crippen LogP contribution in [0.1, 0.15) is 60.6 Å². The molecule has 0 spiro atoms. The lowest BCUT2D eigenvalue weighted by atomic mass is 9.86. The number of carbonyl (C=O) groups is 5. The summed E-state index contributed by atoms with van der Waals surface area (Å²) in [5.41, 5.74) is 1.38. The van der Waals surface area contributed by atoms with Gasteiger partial charge >= 0.3 is 12.1 Å². The SMILES string of the molecule is O=C(O)CC[C@H](NC(=O)c1cc(C2CCC(=O)CC2)nc(-c2ccccc2)n1)C(=O)N1CCN(C(=O)O)CC1. The molecule has 0 bridgehead atoms. The molecule has 12 heteroatoms. The van der Waals surface area contributed by atoms with Crippen LogP contribution in [0.2, 0.25) is 0 Å². The second-order valence-electron chi connectivity index (χ2n) is 9.73. The number of ketones is 1. The summed E-state index contributed by atoms with van der Waals surface area (Å²) in [6.07, 6.45) is 0.573. The Morgan fingerprint density at radius 2 is 1.59 bits per heavy atom. The van der Waals surface area contributed by atoms with E-state index in [2.05, 4.69) is 10.3 Å². The van der Waals surface area contributed by atoms with Gasteiger partial charge in [0.15, 0.2) is 5.82 Å². The Morgan fingerprint density at radius 3 is 2.21 bits per heavy atom. The maximum atomic E-state index is 13.4. The second kappa shape index (κ2) is 12.5. The summed E-state index contributed by atoms with van der Waals surface area (Å²) >= 11 is 0. The standard InChI is InChI=1S/C27H31N5O7/c33-19-8-6-17(7-9-19)21-16-22(29-24(28-21)18-4-2-1-3-5-18)25(36)30-20(10-11-23(34)35)26(37)31-12-14-32(15-13-31)27(38)39/h1-5,16-17,20H,6-15H2,(H,30,36)(H,34,35)(H,38,39)/t20-/m0/s1. The van der Waals surface area contributed by atoms with Crippen LogP contribution < -0.4 is 5.32 Å². The molecule has 0 radical (unpaired) electrons. The highest BCUT2D eigenvalue weighted by atomic mass is 16.4. The Morgan fingerprint density at radius 1 is 0.949 bits per heavy atom. The van der Waals surface area contributed by atoms with Crippen LogP contribution in [0.5, 0.6) is 0 Å². The molecule has 3 amide bonds. The fraction of sp³-hybridized carbons (Fsp3) is 0.444. The second-order valence-corrected chi connectivity index (χ2v) is 9.73. The molecule has 39 heavy (non-hydrogen) atoms. The van der Waals surface area contributed by atoms with Gasteiger partial charge in [-0.2, -0.15) is 0 Å². The number of carboxylic acids is 1. The van der Waals surface area contributed by atoms with Gasteiger partial charge in [-0.3, -0.25) is 19.2 Å². The lowest BCUT2D eigenvalue weighted by molar-refractivity contribution is -0.138. The van der Waals surface area contributed by atoms with Crippen molar-refractivity contribution in [1.82, 2.24) is 25.1 Å². The Kier molecular flexibility index (Phi) is 8.84. The van der Waals surface area contributed by atoms with Gasteiger partial charge in [-0.15, -0.1) is 0 Å². The van der Waals surface area contributed by atoms with E-state index in [1.807, 2.05) is 30.3 Å². The van der Waals surface area contributed by atoms with Crippen molar-refractivity contribution in [1.29, 1.82) is 0 Å². The van der Waals surface area contributed by atoms with E-state index < -0.39 is 29.9 Å². The number of carboxylic acid groups (broad SMARTS) is 2. The molecule has 2 aliphatic rings. The van der Waals surface area contributed by atoms with Gasteiger partial charge in [-0.25, -0.2) is 14.8 Å². The zero-order valence-corrected chi connectivity index (χ0v) is 21.4. The molecule has 2 heterocycles. The molecular weight excluding hydrogens is 506 g/mol. The quantitative estimate of drug-likeness (QED) is 0.456. The van der Waals surface area contributed by atoms with Crippen molar-refractivity contribution < 1.29 is 34.2 Å². The van der Waals surface area contributed by atoms with Crippen molar-refractivity contribution in [3.63, 3.8) is 0 Å². The molecule has 1 aromatic carbocycles. The summed E-state index contributed by atoms with van der Waals surface area (Å²) in [6, 6.07) is 9.60. The van der Waals surface area contributed by atoms with Crippen LogP contribution in [0.3, 0.4) is 0 Å². The van der Waals surface area contributed by atoms with Gasteiger partial charge < -0.3 is 25.3 Å². The topological polar surface area (TPSA) is 170 Å². The van der Waals surface area contributed by atoms with E-state index in [9.17, 15) is 29.1 Å². The zero-order chi connectivity index (χ0) is 27.9. The highest BCUT2D eigenvalue weighted by molar-refractivity contribution is 5.96. The first-order chi connectivity index (χ1) is 18.7. The van der Waals surface area contributed by atoms with Crippen LogP contribution >= 0.6 is 0 Å². The number of aliphatic carboxylic acids is 1. The highest BCUT2D eigenvalue weighted by Crippen LogP contribution is 2.31. The van der Waals surface area contributed by atoms with Crippen molar-refractivity contribution in [2.75, 3.05) is 26.2 Å². The maximum absolute atomic E-state index is 13.4. The number of aromatic nitrogens is 2. The molecule has 2 aromatic rings. The summed E-state index contributed by atoms with van der Waals surface area (Å²) < 4.78 is 0. The van der Waals surface area contributed by atoms with Gasteiger partial charge in [0, 0.05) is 62.6 Å². The molecule has 12 nitrogen and oxygen atoms in total. The minimum Gasteiger partial charge on any atom is -0.481 e. The van der Waals surface area contributed by atoms with E-state index in [1.165, 1.54) is 9.80 Å². The third-order valence-corrected chi connectivity index (χ3v) is 7.08. The molecular formula is C27H31N5O7. The third kappa shape index (κ3) is 7.15. The Labute approximate surface area is 225 Å². The van der Waals surface area contributed by atoms with Crippen molar-refractivity contribution in [3.05, 3.63) is 47.8 Å². The smallest absolute Gasteiger partial charge is 0.407 e. The van der Waals surface area contributed by atoms with E-state index in [1.54, 1.807) is 6.07 Å². The predicted octanol–water partition coefficient (Wildman–Crippen LogP) is 2.16. The largest absolute Gasteiger partial charge is 0.481 e. The van der Waals surface area contributed by atoms with Gasteiger partial charge in [0.1, 0.15) is 17.5 Å². The number of Topliss-reactive ketones (excluding diaryl/α,β-unsaturated/α-hetero) is 1. The van der Waals surface area contributed by atoms with Crippen molar-refractivity contribution in [2.24, 2.45) is 0 Å². The molecule has 206 valence electrons. The molecule has 2 fully saturated rings.